The molecule has 1 aromatic heterocycles. The Morgan fingerprint density at radius 3 is 2.58 bits per heavy atom. The highest BCUT2D eigenvalue weighted by molar-refractivity contribution is 9.10. The number of anilines is 3. The zero-order valence-electron chi connectivity index (χ0n) is 10.0. The van der Waals surface area contributed by atoms with Gasteiger partial charge < -0.3 is 10.6 Å². The molecule has 2 N–H and O–H groups in total. The van der Waals surface area contributed by atoms with Gasteiger partial charge in [0.1, 0.15) is 5.82 Å². The van der Waals surface area contributed by atoms with Crippen molar-refractivity contribution < 1.29 is 0 Å². The van der Waals surface area contributed by atoms with Crippen LogP contribution in [0.1, 0.15) is 6.92 Å². The van der Waals surface area contributed by atoms with Crippen LogP contribution in [-0.4, -0.2) is 16.5 Å². The van der Waals surface area contributed by atoms with E-state index in [9.17, 15) is 0 Å². The first-order chi connectivity index (χ1) is 9.11. The summed E-state index contributed by atoms with van der Waals surface area (Å²) in [4.78, 5) is 8.48. The molecule has 0 aliphatic heterocycles. The first-order valence-electron chi connectivity index (χ1n) is 5.59. The van der Waals surface area contributed by atoms with Crippen molar-refractivity contribution in [2.24, 2.45) is 0 Å². The minimum absolute atomic E-state index is 0.531. The van der Waals surface area contributed by atoms with Gasteiger partial charge in [-0.1, -0.05) is 29.3 Å². The van der Waals surface area contributed by atoms with E-state index in [2.05, 4.69) is 36.5 Å². The fourth-order valence-electron chi connectivity index (χ4n) is 1.43. The standard InChI is InChI=1S/C12H11BrCl2N4/c1-2-16-12-17-6-7(13)11(19-12)18-10-8(14)4-3-5-9(10)15/h3-6H,2H2,1H3,(H2,16,17,18,19). The second kappa shape index (κ2) is 6.41. The molecule has 0 radical (unpaired) electrons. The van der Waals surface area contributed by atoms with E-state index in [-0.39, 0.29) is 0 Å². The van der Waals surface area contributed by atoms with Gasteiger partial charge in [0.25, 0.3) is 0 Å². The number of para-hydroxylation sites is 1. The van der Waals surface area contributed by atoms with Crippen LogP contribution in [0.2, 0.25) is 10.0 Å². The molecule has 0 saturated heterocycles. The predicted octanol–water partition coefficient (Wildman–Crippen LogP) is 4.72. The molecule has 0 atom stereocenters. The Morgan fingerprint density at radius 1 is 1.26 bits per heavy atom. The van der Waals surface area contributed by atoms with Crippen molar-refractivity contribution in [3.63, 3.8) is 0 Å². The summed E-state index contributed by atoms with van der Waals surface area (Å²) in [6, 6.07) is 5.31. The van der Waals surface area contributed by atoms with E-state index in [4.69, 9.17) is 23.2 Å². The summed E-state index contributed by atoms with van der Waals surface area (Å²) in [5.41, 5.74) is 0.618. The van der Waals surface area contributed by atoms with E-state index >= 15 is 0 Å². The van der Waals surface area contributed by atoms with Crippen LogP contribution in [0.25, 0.3) is 0 Å². The van der Waals surface area contributed by atoms with Gasteiger partial charge in [0.15, 0.2) is 0 Å². The summed E-state index contributed by atoms with van der Waals surface area (Å²) in [6.07, 6.45) is 1.66. The Bertz CT molecular complexity index is 572. The average Bonchev–Trinajstić information content (AvgIpc) is 2.38. The lowest BCUT2D eigenvalue weighted by atomic mass is 10.3. The lowest BCUT2D eigenvalue weighted by Crippen LogP contribution is -2.04. The van der Waals surface area contributed by atoms with E-state index < -0.39 is 0 Å². The van der Waals surface area contributed by atoms with Crippen molar-refractivity contribution in [1.82, 2.24) is 9.97 Å². The van der Waals surface area contributed by atoms with Gasteiger partial charge in [-0.05, 0) is 35.0 Å². The molecule has 0 fully saturated rings. The smallest absolute Gasteiger partial charge is 0.224 e. The Hall–Kier alpha value is -1.04. The van der Waals surface area contributed by atoms with E-state index in [1.54, 1.807) is 24.4 Å². The van der Waals surface area contributed by atoms with Gasteiger partial charge in [-0.15, -0.1) is 0 Å². The van der Waals surface area contributed by atoms with Crippen LogP contribution in [0.15, 0.2) is 28.9 Å². The van der Waals surface area contributed by atoms with Crippen LogP contribution < -0.4 is 10.6 Å². The Balaban J connectivity index is 2.35. The number of hydrogen-bond acceptors (Lipinski definition) is 4. The normalized spacial score (nSPS) is 10.3. The average molecular weight is 362 g/mol. The zero-order chi connectivity index (χ0) is 13.8. The van der Waals surface area contributed by atoms with Crippen LogP contribution in [-0.2, 0) is 0 Å². The molecule has 2 rings (SSSR count). The maximum Gasteiger partial charge on any atom is 0.224 e. The van der Waals surface area contributed by atoms with E-state index in [1.165, 1.54) is 0 Å². The monoisotopic (exact) mass is 360 g/mol. The van der Waals surface area contributed by atoms with Crippen LogP contribution >= 0.6 is 39.1 Å². The van der Waals surface area contributed by atoms with Crippen LogP contribution in [0.5, 0.6) is 0 Å². The Morgan fingerprint density at radius 2 is 1.95 bits per heavy atom. The first-order valence-corrected chi connectivity index (χ1v) is 7.14. The topological polar surface area (TPSA) is 49.8 Å². The zero-order valence-corrected chi connectivity index (χ0v) is 13.1. The minimum atomic E-state index is 0.531. The summed E-state index contributed by atoms with van der Waals surface area (Å²) in [7, 11) is 0. The molecule has 0 unspecified atom stereocenters. The molecule has 4 nitrogen and oxygen atoms in total. The van der Waals surface area contributed by atoms with Gasteiger partial charge in [0.05, 0.1) is 20.2 Å². The van der Waals surface area contributed by atoms with Crippen molar-refractivity contribution in [2.75, 3.05) is 17.2 Å². The molecule has 0 spiro atoms. The van der Waals surface area contributed by atoms with Crippen LogP contribution in [0.4, 0.5) is 17.5 Å². The van der Waals surface area contributed by atoms with Crippen LogP contribution in [0, 0.1) is 0 Å². The summed E-state index contributed by atoms with van der Waals surface area (Å²) >= 11 is 15.6. The molecular formula is C12H11BrCl2N4. The quantitative estimate of drug-likeness (QED) is 0.827. The summed E-state index contributed by atoms with van der Waals surface area (Å²) in [5.74, 6) is 1.14. The van der Waals surface area contributed by atoms with Crippen molar-refractivity contribution in [2.45, 2.75) is 6.92 Å². The summed E-state index contributed by atoms with van der Waals surface area (Å²) in [5, 5.41) is 7.21. The third-order valence-electron chi connectivity index (χ3n) is 2.29. The number of nitrogens with zero attached hydrogens (tertiary/aromatic N) is 2. The molecular weight excluding hydrogens is 351 g/mol. The lowest BCUT2D eigenvalue weighted by Gasteiger charge is -2.12. The van der Waals surface area contributed by atoms with Gasteiger partial charge in [-0.3, -0.25) is 0 Å². The molecule has 0 saturated carbocycles. The van der Waals surface area contributed by atoms with E-state index in [0.717, 1.165) is 11.0 Å². The lowest BCUT2D eigenvalue weighted by molar-refractivity contribution is 1.08. The second-order valence-corrected chi connectivity index (χ2v) is 5.31. The van der Waals surface area contributed by atoms with Crippen molar-refractivity contribution in [3.8, 4) is 0 Å². The fourth-order valence-corrected chi connectivity index (χ4v) is 2.22. The first kappa shape index (κ1) is 14.4. The van der Waals surface area contributed by atoms with Gasteiger partial charge >= 0.3 is 0 Å². The SMILES string of the molecule is CCNc1ncc(Br)c(Nc2c(Cl)cccc2Cl)n1. The maximum atomic E-state index is 6.11. The predicted molar refractivity (Wildman–Crippen MR) is 83.6 cm³/mol. The molecule has 0 bridgehead atoms. The Kier molecular flexibility index (Phi) is 4.85. The van der Waals surface area contributed by atoms with Gasteiger partial charge in [-0.2, -0.15) is 4.98 Å². The van der Waals surface area contributed by atoms with E-state index in [0.29, 0.717) is 27.5 Å². The second-order valence-electron chi connectivity index (χ2n) is 3.64. The summed E-state index contributed by atoms with van der Waals surface area (Å²) < 4.78 is 0.727. The molecule has 19 heavy (non-hydrogen) atoms. The van der Waals surface area contributed by atoms with Gasteiger partial charge in [-0.25, -0.2) is 4.98 Å². The van der Waals surface area contributed by atoms with Crippen molar-refractivity contribution in [3.05, 3.63) is 38.9 Å². The van der Waals surface area contributed by atoms with Crippen molar-refractivity contribution >= 4 is 56.6 Å². The highest BCUT2D eigenvalue weighted by Gasteiger charge is 2.10. The third-order valence-corrected chi connectivity index (χ3v) is 3.50. The number of nitrogens with one attached hydrogen (secondary N) is 2. The molecule has 2 aromatic rings. The molecule has 0 aliphatic rings. The maximum absolute atomic E-state index is 6.11. The molecule has 1 heterocycles. The highest BCUT2D eigenvalue weighted by Crippen LogP contribution is 2.34. The molecule has 1 aromatic carbocycles. The summed E-state index contributed by atoms with van der Waals surface area (Å²) in [6.45, 7) is 2.72. The number of halogens is 3. The highest BCUT2D eigenvalue weighted by atomic mass is 79.9. The fraction of sp³-hybridized carbons (Fsp3) is 0.167. The van der Waals surface area contributed by atoms with E-state index in [1.807, 2.05) is 6.92 Å². The number of rotatable bonds is 4. The molecule has 0 amide bonds. The number of hydrogen-bond donors (Lipinski definition) is 2. The molecule has 100 valence electrons. The van der Waals surface area contributed by atoms with Gasteiger partial charge in [0.2, 0.25) is 5.95 Å². The van der Waals surface area contributed by atoms with Crippen LogP contribution in [0.3, 0.4) is 0 Å². The minimum Gasteiger partial charge on any atom is -0.354 e. The largest absolute Gasteiger partial charge is 0.354 e. The van der Waals surface area contributed by atoms with Crippen molar-refractivity contribution in [1.29, 1.82) is 0 Å². The Labute approximate surface area is 129 Å². The number of aromatic nitrogens is 2. The molecule has 7 heteroatoms. The van der Waals surface area contributed by atoms with Gasteiger partial charge in [0, 0.05) is 12.7 Å². The molecule has 0 aliphatic carbocycles. The number of benzene rings is 1. The third kappa shape index (κ3) is 3.49.